The highest BCUT2D eigenvalue weighted by Crippen LogP contribution is 2.14. The molecule has 0 spiro atoms. The van der Waals surface area contributed by atoms with Crippen molar-refractivity contribution in [3.63, 3.8) is 0 Å². The van der Waals surface area contributed by atoms with E-state index in [-0.39, 0.29) is 17.4 Å². The van der Waals surface area contributed by atoms with Crippen molar-refractivity contribution in [3.05, 3.63) is 35.9 Å². The number of hydrogen-bond donors (Lipinski definition) is 2. The van der Waals surface area contributed by atoms with Gasteiger partial charge in [-0.1, -0.05) is 37.3 Å². The SMILES string of the molecule is CC(CN)CC(=O)NC(C)(C)CCc1ccccc1. The molecule has 0 aliphatic heterocycles. The van der Waals surface area contributed by atoms with E-state index in [0.717, 1.165) is 12.8 Å². The lowest BCUT2D eigenvalue weighted by atomic mass is 9.94. The number of hydrogen-bond acceptors (Lipinski definition) is 2. The predicted octanol–water partition coefficient (Wildman–Crippen LogP) is 2.50. The topological polar surface area (TPSA) is 55.1 Å². The summed E-state index contributed by atoms with van der Waals surface area (Å²) in [6, 6.07) is 10.3. The highest BCUT2D eigenvalue weighted by Gasteiger charge is 2.20. The lowest BCUT2D eigenvalue weighted by Crippen LogP contribution is -2.44. The van der Waals surface area contributed by atoms with Crippen molar-refractivity contribution in [2.24, 2.45) is 11.7 Å². The lowest BCUT2D eigenvalue weighted by Gasteiger charge is -2.27. The summed E-state index contributed by atoms with van der Waals surface area (Å²) in [5, 5.41) is 3.10. The van der Waals surface area contributed by atoms with E-state index in [0.29, 0.717) is 13.0 Å². The van der Waals surface area contributed by atoms with Crippen molar-refractivity contribution >= 4 is 5.91 Å². The lowest BCUT2D eigenvalue weighted by molar-refractivity contribution is -0.123. The molecule has 0 heterocycles. The zero-order chi connectivity index (χ0) is 14.3. The van der Waals surface area contributed by atoms with Crippen LogP contribution in [0.25, 0.3) is 0 Å². The average molecular weight is 262 g/mol. The number of nitrogens with one attached hydrogen (secondary N) is 1. The Morgan fingerprint density at radius 3 is 2.53 bits per heavy atom. The molecule has 0 saturated heterocycles. The largest absolute Gasteiger partial charge is 0.351 e. The summed E-state index contributed by atoms with van der Waals surface area (Å²) >= 11 is 0. The van der Waals surface area contributed by atoms with Gasteiger partial charge in [0.25, 0.3) is 0 Å². The van der Waals surface area contributed by atoms with E-state index in [1.54, 1.807) is 0 Å². The molecule has 0 radical (unpaired) electrons. The maximum Gasteiger partial charge on any atom is 0.220 e. The first-order valence-corrected chi connectivity index (χ1v) is 6.98. The molecule has 1 aromatic carbocycles. The Kier molecular flexibility index (Phi) is 6.03. The highest BCUT2D eigenvalue weighted by molar-refractivity contribution is 5.76. The van der Waals surface area contributed by atoms with Gasteiger partial charge in [0, 0.05) is 12.0 Å². The first-order valence-electron chi connectivity index (χ1n) is 6.98. The van der Waals surface area contributed by atoms with Gasteiger partial charge in [0.05, 0.1) is 0 Å². The number of benzene rings is 1. The Morgan fingerprint density at radius 1 is 1.32 bits per heavy atom. The fourth-order valence-electron chi connectivity index (χ4n) is 1.99. The summed E-state index contributed by atoms with van der Waals surface area (Å²) in [7, 11) is 0. The number of aryl methyl sites for hydroxylation is 1. The molecule has 0 bridgehead atoms. The van der Waals surface area contributed by atoms with Crippen LogP contribution in [0.5, 0.6) is 0 Å². The van der Waals surface area contributed by atoms with E-state index in [1.807, 2.05) is 25.1 Å². The fraction of sp³-hybridized carbons (Fsp3) is 0.562. The third-order valence-corrected chi connectivity index (χ3v) is 3.30. The summed E-state index contributed by atoms with van der Waals surface area (Å²) < 4.78 is 0. The summed E-state index contributed by atoms with van der Waals surface area (Å²) in [6.07, 6.45) is 2.41. The second-order valence-corrected chi connectivity index (χ2v) is 5.96. The molecule has 106 valence electrons. The van der Waals surface area contributed by atoms with Gasteiger partial charge in [-0.25, -0.2) is 0 Å². The molecule has 0 aromatic heterocycles. The van der Waals surface area contributed by atoms with Crippen molar-refractivity contribution in [2.45, 2.75) is 45.6 Å². The maximum atomic E-state index is 11.9. The molecule has 3 heteroatoms. The minimum Gasteiger partial charge on any atom is -0.351 e. The molecule has 3 nitrogen and oxygen atoms in total. The zero-order valence-corrected chi connectivity index (χ0v) is 12.3. The smallest absolute Gasteiger partial charge is 0.220 e. The molecule has 1 unspecified atom stereocenters. The molecule has 3 N–H and O–H groups in total. The molecule has 1 amide bonds. The molecular weight excluding hydrogens is 236 g/mol. The first-order chi connectivity index (χ1) is 8.93. The van der Waals surface area contributed by atoms with Crippen molar-refractivity contribution in [3.8, 4) is 0 Å². The van der Waals surface area contributed by atoms with Crippen molar-refractivity contribution < 1.29 is 4.79 Å². The van der Waals surface area contributed by atoms with Crippen LogP contribution < -0.4 is 11.1 Å². The van der Waals surface area contributed by atoms with Crippen LogP contribution in [0.2, 0.25) is 0 Å². The fourth-order valence-corrected chi connectivity index (χ4v) is 1.99. The van der Waals surface area contributed by atoms with Gasteiger partial charge >= 0.3 is 0 Å². The Balaban J connectivity index is 2.41. The molecule has 0 aliphatic carbocycles. The van der Waals surface area contributed by atoms with Crippen LogP contribution in [0.1, 0.15) is 39.2 Å². The second-order valence-electron chi connectivity index (χ2n) is 5.96. The zero-order valence-electron chi connectivity index (χ0n) is 12.3. The minimum atomic E-state index is -0.179. The summed E-state index contributed by atoms with van der Waals surface area (Å²) in [5.41, 5.74) is 6.67. The molecule has 1 rings (SSSR count). The minimum absolute atomic E-state index is 0.0935. The third-order valence-electron chi connectivity index (χ3n) is 3.30. The average Bonchev–Trinajstić information content (AvgIpc) is 2.37. The van der Waals surface area contributed by atoms with Crippen LogP contribution in [0.4, 0.5) is 0 Å². The van der Waals surface area contributed by atoms with Crippen LogP contribution in [-0.4, -0.2) is 18.0 Å². The van der Waals surface area contributed by atoms with E-state index >= 15 is 0 Å². The van der Waals surface area contributed by atoms with Gasteiger partial charge in [-0.15, -0.1) is 0 Å². The van der Waals surface area contributed by atoms with Crippen LogP contribution in [-0.2, 0) is 11.2 Å². The van der Waals surface area contributed by atoms with Crippen molar-refractivity contribution in [1.82, 2.24) is 5.32 Å². The Hall–Kier alpha value is -1.35. The number of carbonyl (C=O) groups excluding carboxylic acids is 1. The Bertz CT molecular complexity index is 387. The summed E-state index contributed by atoms with van der Waals surface area (Å²) in [5.74, 6) is 0.334. The van der Waals surface area contributed by atoms with Gasteiger partial charge in [-0.2, -0.15) is 0 Å². The standard InChI is InChI=1S/C16H26N2O/c1-13(12-17)11-15(19)18-16(2,3)10-9-14-7-5-4-6-8-14/h4-8,13H,9-12,17H2,1-3H3,(H,18,19). The van der Waals surface area contributed by atoms with E-state index in [2.05, 4.69) is 31.3 Å². The molecule has 1 aromatic rings. The third kappa shape index (κ3) is 6.39. The molecule has 19 heavy (non-hydrogen) atoms. The van der Waals surface area contributed by atoms with Crippen LogP contribution in [0, 0.1) is 5.92 Å². The predicted molar refractivity (Wildman–Crippen MR) is 79.8 cm³/mol. The Morgan fingerprint density at radius 2 is 1.95 bits per heavy atom. The van der Waals surface area contributed by atoms with E-state index < -0.39 is 0 Å². The number of nitrogens with two attached hydrogens (primary N) is 1. The molecule has 1 atom stereocenters. The van der Waals surface area contributed by atoms with Gasteiger partial charge in [0.2, 0.25) is 5.91 Å². The van der Waals surface area contributed by atoms with Crippen molar-refractivity contribution in [2.75, 3.05) is 6.54 Å². The normalized spacial score (nSPS) is 13.1. The maximum absolute atomic E-state index is 11.9. The van der Waals surface area contributed by atoms with Crippen LogP contribution in [0.3, 0.4) is 0 Å². The molecular formula is C16H26N2O. The number of amides is 1. The van der Waals surface area contributed by atoms with Gasteiger partial charge < -0.3 is 11.1 Å². The van der Waals surface area contributed by atoms with Gasteiger partial charge in [-0.05, 0) is 44.7 Å². The monoisotopic (exact) mass is 262 g/mol. The number of carbonyl (C=O) groups is 1. The quantitative estimate of drug-likeness (QED) is 0.793. The van der Waals surface area contributed by atoms with E-state index in [9.17, 15) is 4.79 Å². The first kappa shape index (κ1) is 15.7. The van der Waals surface area contributed by atoms with Crippen molar-refractivity contribution in [1.29, 1.82) is 0 Å². The molecule has 0 saturated carbocycles. The molecule has 0 fully saturated rings. The number of rotatable bonds is 7. The van der Waals surface area contributed by atoms with E-state index in [4.69, 9.17) is 5.73 Å². The van der Waals surface area contributed by atoms with Crippen LogP contribution >= 0.6 is 0 Å². The van der Waals surface area contributed by atoms with Gasteiger partial charge in [0.1, 0.15) is 0 Å². The van der Waals surface area contributed by atoms with Gasteiger partial charge in [0.15, 0.2) is 0 Å². The summed E-state index contributed by atoms with van der Waals surface area (Å²) in [6.45, 7) is 6.69. The Labute approximate surface area is 116 Å². The van der Waals surface area contributed by atoms with E-state index in [1.165, 1.54) is 5.56 Å². The molecule has 0 aliphatic rings. The van der Waals surface area contributed by atoms with Gasteiger partial charge in [-0.3, -0.25) is 4.79 Å². The van der Waals surface area contributed by atoms with Crippen LogP contribution in [0.15, 0.2) is 30.3 Å². The second kappa shape index (κ2) is 7.29. The summed E-state index contributed by atoms with van der Waals surface area (Å²) in [4.78, 5) is 11.9. The highest BCUT2D eigenvalue weighted by atomic mass is 16.1.